The fraction of sp³-hybridized carbons (Fsp3) is 0.222. The van der Waals surface area contributed by atoms with E-state index in [0.29, 0.717) is 13.1 Å². The molecule has 138 valence electrons. The Labute approximate surface area is 207 Å². The van der Waals surface area contributed by atoms with E-state index in [-0.39, 0.29) is 11.5 Å². The maximum atomic E-state index is 10.0. The van der Waals surface area contributed by atoms with Crippen molar-refractivity contribution in [1.29, 1.82) is 0 Å². The van der Waals surface area contributed by atoms with Crippen LogP contribution in [0, 0.1) is 14.3 Å². The first-order chi connectivity index (χ1) is 12.4. The number of unbranched alkanes of at least 4 members (excludes halogenated alkanes) is 1. The minimum atomic E-state index is 0.284. The molecule has 4 nitrogen and oxygen atoms in total. The number of aromatic hydroxyl groups is 2. The summed E-state index contributed by atoms with van der Waals surface area (Å²) < 4.78 is 3.82. The van der Waals surface area contributed by atoms with Gasteiger partial charge in [-0.1, -0.05) is 0 Å². The van der Waals surface area contributed by atoms with Crippen LogP contribution in [0.15, 0.2) is 34.3 Å². The molecule has 0 aliphatic carbocycles. The Balaban J connectivity index is 1.78. The number of phenols is 2. The average molecular weight is 800 g/mol. The van der Waals surface area contributed by atoms with Crippen LogP contribution in [0.25, 0.3) is 0 Å². The third-order valence-electron chi connectivity index (χ3n) is 3.40. The predicted octanol–water partition coefficient (Wildman–Crippen LogP) is 5.83. The highest BCUT2D eigenvalue weighted by molar-refractivity contribution is 14.1. The third-order valence-corrected chi connectivity index (χ3v) is 6.29. The smallest absolute Gasteiger partial charge is 0.137 e. The maximum Gasteiger partial charge on any atom is 0.137 e. The van der Waals surface area contributed by atoms with Gasteiger partial charge in [0.1, 0.15) is 11.5 Å². The zero-order valence-electron chi connectivity index (χ0n) is 13.6. The van der Waals surface area contributed by atoms with E-state index < -0.39 is 0 Å². The Kier molecular flexibility index (Phi) is 9.85. The molecule has 2 aromatic rings. The first-order valence-corrected chi connectivity index (χ1v) is 12.1. The van der Waals surface area contributed by atoms with Gasteiger partial charge in [-0.25, -0.2) is 0 Å². The lowest BCUT2D eigenvalue weighted by Crippen LogP contribution is -1.92. The summed E-state index contributed by atoms with van der Waals surface area (Å²) in [6.45, 7) is 1.40. The van der Waals surface area contributed by atoms with Crippen molar-refractivity contribution in [2.45, 2.75) is 12.8 Å². The Morgan fingerprint density at radius 2 is 1.08 bits per heavy atom. The largest absolute Gasteiger partial charge is 0.506 e. The van der Waals surface area contributed by atoms with Gasteiger partial charge in [-0.3, -0.25) is 9.98 Å². The van der Waals surface area contributed by atoms with Gasteiger partial charge in [-0.2, -0.15) is 0 Å². The Bertz CT molecular complexity index is 769. The Hall–Kier alpha value is 0.300. The molecule has 0 saturated heterocycles. The van der Waals surface area contributed by atoms with Crippen LogP contribution in [-0.4, -0.2) is 35.7 Å². The van der Waals surface area contributed by atoms with E-state index in [9.17, 15) is 10.2 Å². The molecule has 0 aliphatic rings. The van der Waals surface area contributed by atoms with Crippen molar-refractivity contribution in [2.24, 2.45) is 9.98 Å². The van der Waals surface area contributed by atoms with Crippen LogP contribution >= 0.6 is 90.4 Å². The van der Waals surface area contributed by atoms with Crippen LogP contribution in [0.2, 0.25) is 0 Å². The quantitative estimate of drug-likeness (QED) is 0.211. The van der Waals surface area contributed by atoms with Gasteiger partial charge in [-0.15, -0.1) is 0 Å². The molecule has 8 heteroatoms. The summed E-state index contributed by atoms with van der Waals surface area (Å²) >= 11 is 8.70. The SMILES string of the molecule is Oc1c(I)cc(I)cc1C=NCCCCN=Cc1cc(I)cc(I)c1O. The lowest BCUT2D eigenvalue weighted by atomic mass is 10.2. The number of hydrogen-bond acceptors (Lipinski definition) is 4. The van der Waals surface area contributed by atoms with E-state index in [1.807, 2.05) is 24.3 Å². The normalized spacial score (nSPS) is 11.7. The maximum absolute atomic E-state index is 10.0. The summed E-state index contributed by atoms with van der Waals surface area (Å²) in [4.78, 5) is 8.78. The molecule has 2 N–H and O–H groups in total. The van der Waals surface area contributed by atoms with E-state index in [1.165, 1.54) is 0 Å². The molecule has 2 aromatic carbocycles. The molecule has 0 bridgehead atoms. The van der Waals surface area contributed by atoms with E-state index in [1.54, 1.807) is 12.4 Å². The molecule has 0 spiro atoms. The standard InChI is InChI=1S/C18H16I4N2O2/c19-13-5-11(17(25)15(21)7-13)9-23-3-1-2-4-24-10-12-6-14(20)8-16(22)18(12)26/h5-10,25-26H,1-4H2. The molecule has 0 saturated carbocycles. The van der Waals surface area contributed by atoms with Gasteiger partial charge < -0.3 is 10.2 Å². The average Bonchev–Trinajstić information content (AvgIpc) is 2.58. The van der Waals surface area contributed by atoms with Crippen molar-refractivity contribution in [1.82, 2.24) is 0 Å². The van der Waals surface area contributed by atoms with Gasteiger partial charge in [0.25, 0.3) is 0 Å². The lowest BCUT2D eigenvalue weighted by molar-refractivity contribution is 0.470. The summed E-state index contributed by atoms with van der Waals surface area (Å²) in [7, 11) is 0. The van der Waals surface area contributed by atoms with Crippen molar-refractivity contribution in [3.05, 3.63) is 49.7 Å². The molecule has 26 heavy (non-hydrogen) atoms. The van der Waals surface area contributed by atoms with Crippen LogP contribution in [-0.2, 0) is 0 Å². The zero-order chi connectivity index (χ0) is 19.1. The highest BCUT2D eigenvalue weighted by atomic mass is 127. The number of halogens is 4. The number of rotatable bonds is 7. The van der Waals surface area contributed by atoms with Gasteiger partial charge in [0.15, 0.2) is 0 Å². The molecule has 0 fully saturated rings. The van der Waals surface area contributed by atoms with Gasteiger partial charge in [0.05, 0.1) is 7.14 Å². The Morgan fingerprint density at radius 1 is 0.692 bits per heavy atom. The highest BCUT2D eigenvalue weighted by Gasteiger charge is 2.05. The molecule has 0 amide bonds. The summed E-state index contributed by atoms with van der Waals surface area (Å²) in [6.07, 6.45) is 5.31. The van der Waals surface area contributed by atoms with Crippen molar-refractivity contribution in [3.63, 3.8) is 0 Å². The van der Waals surface area contributed by atoms with E-state index in [2.05, 4.69) is 100 Å². The number of hydrogen-bond donors (Lipinski definition) is 2. The minimum absolute atomic E-state index is 0.284. The molecule has 0 radical (unpaired) electrons. The monoisotopic (exact) mass is 800 g/mol. The van der Waals surface area contributed by atoms with Crippen LogP contribution in [0.3, 0.4) is 0 Å². The number of benzene rings is 2. The van der Waals surface area contributed by atoms with Gasteiger partial charge in [0, 0.05) is 43.8 Å². The van der Waals surface area contributed by atoms with Crippen molar-refractivity contribution < 1.29 is 10.2 Å². The van der Waals surface area contributed by atoms with E-state index >= 15 is 0 Å². The highest BCUT2D eigenvalue weighted by Crippen LogP contribution is 2.26. The third kappa shape index (κ3) is 7.04. The second-order valence-electron chi connectivity index (χ2n) is 5.43. The number of phenolic OH excluding ortho intramolecular Hbond substituents is 2. The van der Waals surface area contributed by atoms with E-state index in [4.69, 9.17) is 0 Å². The molecule has 0 aliphatic heterocycles. The van der Waals surface area contributed by atoms with Crippen LogP contribution in [0.1, 0.15) is 24.0 Å². The van der Waals surface area contributed by atoms with Crippen LogP contribution < -0.4 is 0 Å². The van der Waals surface area contributed by atoms with Gasteiger partial charge >= 0.3 is 0 Å². The number of nitrogens with zero attached hydrogens (tertiary/aromatic N) is 2. The molecule has 2 rings (SSSR count). The first kappa shape index (κ1) is 22.6. The molecule has 0 heterocycles. The fourth-order valence-corrected chi connectivity index (χ4v) is 5.88. The molecule has 0 aromatic heterocycles. The minimum Gasteiger partial charge on any atom is -0.506 e. The second-order valence-corrected chi connectivity index (χ2v) is 10.2. The first-order valence-electron chi connectivity index (χ1n) is 7.74. The van der Waals surface area contributed by atoms with Crippen LogP contribution in [0.4, 0.5) is 0 Å². The molecular formula is C18H16I4N2O2. The van der Waals surface area contributed by atoms with Gasteiger partial charge in [0.2, 0.25) is 0 Å². The molecule has 0 atom stereocenters. The zero-order valence-corrected chi connectivity index (χ0v) is 22.2. The van der Waals surface area contributed by atoms with Crippen molar-refractivity contribution in [3.8, 4) is 11.5 Å². The van der Waals surface area contributed by atoms with E-state index in [0.717, 1.165) is 38.2 Å². The summed E-state index contributed by atoms with van der Waals surface area (Å²) in [5.41, 5.74) is 1.51. The summed E-state index contributed by atoms with van der Waals surface area (Å²) in [5, 5.41) is 20.0. The lowest BCUT2D eigenvalue weighted by Gasteiger charge is -2.03. The van der Waals surface area contributed by atoms with Crippen molar-refractivity contribution in [2.75, 3.05) is 13.1 Å². The molecular weight excluding hydrogens is 784 g/mol. The molecule has 0 unspecified atom stereocenters. The topological polar surface area (TPSA) is 65.2 Å². The summed E-state index contributed by atoms with van der Waals surface area (Å²) in [6, 6.07) is 7.69. The fourth-order valence-electron chi connectivity index (χ4n) is 2.10. The Morgan fingerprint density at radius 3 is 1.46 bits per heavy atom. The van der Waals surface area contributed by atoms with Crippen LogP contribution in [0.5, 0.6) is 11.5 Å². The summed E-state index contributed by atoms with van der Waals surface area (Å²) in [5.74, 6) is 0.567. The second kappa shape index (κ2) is 11.3. The van der Waals surface area contributed by atoms with Gasteiger partial charge in [-0.05, 0) is 127 Å². The number of aliphatic imine (C=N–C) groups is 2. The predicted molar refractivity (Wildman–Crippen MR) is 141 cm³/mol. The van der Waals surface area contributed by atoms with Crippen molar-refractivity contribution >= 4 is 103 Å².